The van der Waals surface area contributed by atoms with Crippen molar-refractivity contribution >= 4 is 17.1 Å². The zero-order valence-corrected chi connectivity index (χ0v) is 5.43. The van der Waals surface area contributed by atoms with E-state index < -0.39 is 0 Å². The summed E-state index contributed by atoms with van der Waals surface area (Å²) in [6.45, 7) is 4.21. The molecule has 0 atom stereocenters. The van der Waals surface area contributed by atoms with Gasteiger partial charge in [-0.15, -0.1) is 0 Å². The number of hydrogen-bond donors (Lipinski definition) is 0. The lowest BCUT2D eigenvalue weighted by Gasteiger charge is -2.17. The third-order valence-corrected chi connectivity index (χ3v) is 1.93. The monoisotopic (exact) mass is 112 g/mol. The fourth-order valence-corrected chi connectivity index (χ4v) is 1.03. The molecule has 0 aromatic heterocycles. The standard InChI is InChI=1S/C6H8S/c1-4-3-6(7)5(4)2/h3H2,1-2H3. The summed E-state index contributed by atoms with van der Waals surface area (Å²) < 4.78 is 0. The summed E-state index contributed by atoms with van der Waals surface area (Å²) in [7, 11) is 0. The van der Waals surface area contributed by atoms with Crippen molar-refractivity contribution in [1.29, 1.82) is 0 Å². The van der Waals surface area contributed by atoms with Gasteiger partial charge in [-0.1, -0.05) is 17.8 Å². The van der Waals surface area contributed by atoms with Gasteiger partial charge in [-0.25, -0.2) is 0 Å². The smallest absolute Gasteiger partial charge is 0.0221 e. The minimum Gasteiger partial charge on any atom is -0.0843 e. The van der Waals surface area contributed by atoms with Crippen LogP contribution in [-0.2, 0) is 0 Å². The minimum atomic E-state index is 1.07. The maximum atomic E-state index is 4.93. The van der Waals surface area contributed by atoms with Crippen molar-refractivity contribution in [2.75, 3.05) is 0 Å². The van der Waals surface area contributed by atoms with Gasteiger partial charge in [-0.3, -0.25) is 0 Å². The van der Waals surface area contributed by atoms with Gasteiger partial charge in [0.05, 0.1) is 0 Å². The zero-order chi connectivity index (χ0) is 5.44. The van der Waals surface area contributed by atoms with E-state index in [1.807, 2.05) is 0 Å². The number of allylic oxidation sites excluding steroid dienone is 2. The quantitative estimate of drug-likeness (QED) is 0.432. The molecule has 0 saturated carbocycles. The highest BCUT2D eigenvalue weighted by Gasteiger charge is 2.13. The lowest BCUT2D eigenvalue weighted by molar-refractivity contribution is 1.15. The second-order valence-electron chi connectivity index (χ2n) is 2.01. The van der Waals surface area contributed by atoms with E-state index in [4.69, 9.17) is 12.2 Å². The summed E-state index contributed by atoms with van der Waals surface area (Å²) in [5.41, 5.74) is 2.81. The highest BCUT2D eigenvalue weighted by molar-refractivity contribution is 7.81. The van der Waals surface area contributed by atoms with Gasteiger partial charge < -0.3 is 0 Å². The molecule has 0 N–H and O–H groups in total. The molecule has 0 aromatic carbocycles. The zero-order valence-electron chi connectivity index (χ0n) is 4.62. The van der Waals surface area contributed by atoms with Crippen molar-refractivity contribution in [3.63, 3.8) is 0 Å². The van der Waals surface area contributed by atoms with Crippen molar-refractivity contribution < 1.29 is 0 Å². The minimum absolute atomic E-state index is 1.07. The largest absolute Gasteiger partial charge is 0.0843 e. The Hall–Kier alpha value is -0.170. The van der Waals surface area contributed by atoms with Crippen LogP contribution in [0.4, 0.5) is 0 Å². The van der Waals surface area contributed by atoms with Crippen molar-refractivity contribution in [3.8, 4) is 0 Å². The van der Waals surface area contributed by atoms with Crippen LogP contribution in [0.3, 0.4) is 0 Å². The Morgan fingerprint density at radius 2 is 2.00 bits per heavy atom. The third-order valence-electron chi connectivity index (χ3n) is 1.48. The summed E-state index contributed by atoms with van der Waals surface area (Å²) in [5, 5.41) is 0. The van der Waals surface area contributed by atoms with E-state index in [0.29, 0.717) is 0 Å². The Labute approximate surface area is 49.2 Å². The molecule has 0 radical (unpaired) electrons. The van der Waals surface area contributed by atoms with Crippen LogP contribution in [0, 0.1) is 0 Å². The van der Waals surface area contributed by atoms with Gasteiger partial charge in [0.15, 0.2) is 0 Å². The molecular weight excluding hydrogens is 104 g/mol. The number of thiocarbonyl (C=S) groups is 1. The molecule has 0 aliphatic heterocycles. The molecule has 0 spiro atoms. The molecule has 0 nitrogen and oxygen atoms in total. The molecule has 0 saturated heterocycles. The Balaban J connectivity index is 2.85. The van der Waals surface area contributed by atoms with Gasteiger partial charge in [-0.05, 0) is 19.4 Å². The van der Waals surface area contributed by atoms with Crippen LogP contribution in [-0.4, -0.2) is 4.86 Å². The lowest BCUT2D eigenvalue weighted by Crippen LogP contribution is -2.10. The first-order valence-electron chi connectivity index (χ1n) is 2.41. The van der Waals surface area contributed by atoms with Crippen LogP contribution in [0.15, 0.2) is 11.1 Å². The topological polar surface area (TPSA) is 0 Å². The van der Waals surface area contributed by atoms with Crippen LogP contribution in [0.25, 0.3) is 0 Å². The Morgan fingerprint density at radius 1 is 1.43 bits per heavy atom. The first-order valence-corrected chi connectivity index (χ1v) is 2.82. The fourth-order valence-electron chi connectivity index (χ4n) is 0.637. The third kappa shape index (κ3) is 0.611. The van der Waals surface area contributed by atoms with Crippen LogP contribution in [0.2, 0.25) is 0 Å². The van der Waals surface area contributed by atoms with Crippen molar-refractivity contribution in [1.82, 2.24) is 0 Å². The summed E-state index contributed by atoms with van der Waals surface area (Å²) >= 11 is 4.93. The van der Waals surface area contributed by atoms with Crippen molar-refractivity contribution in [2.45, 2.75) is 20.3 Å². The fraction of sp³-hybridized carbons (Fsp3) is 0.500. The predicted octanol–water partition coefficient (Wildman–Crippen LogP) is 2.10. The molecule has 38 valence electrons. The van der Waals surface area contributed by atoms with E-state index in [-0.39, 0.29) is 0 Å². The second-order valence-corrected chi connectivity index (χ2v) is 2.50. The average Bonchev–Trinajstić information content (AvgIpc) is 1.68. The number of hydrogen-bond acceptors (Lipinski definition) is 1. The van der Waals surface area contributed by atoms with Gasteiger partial charge in [0.2, 0.25) is 0 Å². The Morgan fingerprint density at radius 3 is 2.00 bits per heavy atom. The predicted molar refractivity (Wildman–Crippen MR) is 35.6 cm³/mol. The summed E-state index contributed by atoms with van der Waals surface area (Å²) in [5.74, 6) is 0. The first-order chi connectivity index (χ1) is 3.22. The Bertz CT molecular complexity index is 142. The average molecular weight is 112 g/mol. The van der Waals surface area contributed by atoms with Crippen molar-refractivity contribution in [3.05, 3.63) is 11.1 Å². The molecule has 7 heavy (non-hydrogen) atoms. The molecule has 1 aliphatic rings. The van der Waals surface area contributed by atoms with Crippen LogP contribution in [0.5, 0.6) is 0 Å². The van der Waals surface area contributed by atoms with Gasteiger partial charge in [0.1, 0.15) is 0 Å². The molecule has 0 fully saturated rings. The molecule has 0 amide bonds. The van der Waals surface area contributed by atoms with Gasteiger partial charge in [0.25, 0.3) is 0 Å². The van der Waals surface area contributed by atoms with Gasteiger partial charge in [0, 0.05) is 11.3 Å². The molecule has 0 unspecified atom stereocenters. The van der Waals surface area contributed by atoms with Crippen molar-refractivity contribution in [2.24, 2.45) is 0 Å². The summed E-state index contributed by atoms with van der Waals surface area (Å²) in [4.78, 5) is 1.15. The van der Waals surface area contributed by atoms with Gasteiger partial charge >= 0.3 is 0 Å². The van der Waals surface area contributed by atoms with E-state index in [0.717, 1.165) is 11.3 Å². The highest BCUT2D eigenvalue weighted by atomic mass is 32.1. The van der Waals surface area contributed by atoms with E-state index in [9.17, 15) is 0 Å². The van der Waals surface area contributed by atoms with Crippen LogP contribution < -0.4 is 0 Å². The molecule has 0 aromatic rings. The molecule has 0 heterocycles. The van der Waals surface area contributed by atoms with E-state index >= 15 is 0 Å². The summed E-state index contributed by atoms with van der Waals surface area (Å²) in [6.07, 6.45) is 1.07. The Kier molecular flexibility index (Phi) is 1.00. The first kappa shape index (κ1) is 4.98. The van der Waals surface area contributed by atoms with Crippen LogP contribution in [0.1, 0.15) is 20.3 Å². The SMILES string of the molecule is CC1=C(C)C(=S)C1. The second kappa shape index (κ2) is 1.41. The number of rotatable bonds is 0. The maximum Gasteiger partial charge on any atom is 0.0221 e. The molecule has 0 bridgehead atoms. The highest BCUT2D eigenvalue weighted by Crippen LogP contribution is 2.23. The van der Waals surface area contributed by atoms with Crippen LogP contribution >= 0.6 is 12.2 Å². The lowest BCUT2D eigenvalue weighted by atomic mass is 9.91. The molecular formula is C6H8S. The van der Waals surface area contributed by atoms with Gasteiger partial charge in [-0.2, -0.15) is 0 Å². The molecule has 1 aliphatic carbocycles. The normalized spacial score (nSPS) is 20.0. The molecule has 1 heteroatoms. The summed E-state index contributed by atoms with van der Waals surface area (Å²) in [6, 6.07) is 0. The maximum absolute atomic E-state index is 4.93. The van der Waals surface area contributed by atoms with E-state index in [1.165, 1.54) is 11.1 Å². The molecule has 1 rings (SSSR count). The van der Waals surface area contributed by atoms with E-state index in [1.54, 1.807) is 0 Å². The van der Waals surface area contributed by atoms with E-state index in [2.05, 4.69) is 13.8 Å².